The van der Waals surface area contributed by atoms with Crippen LogP contribution in [-0.2, 0) is 0 Å². The Kier molecular flexibility index (Phi) is 2.58. The highest BCUT2D eigenvalue weighted by atomic mass is 19.1. The Labute approximate surface area is 64.9 Å². The lowest BCUT2D eigenvalue weighted by atomic mass is 10.0. The third-order valence-electron chi connectivity index (χ3n) is 1.65. The third kappa shape index (κ3) is 2.00. The molecule has 1 aromatic rings. The molecule has 1 unspecified atom stereocenters. The molecule has 0 spiro atoms. The second kappa shape index (κ2) is 3.46. The Bertz CT molecular complexity index is 233. The average Bonchev–Trinajstić information content (AvgIpc) is 2.03. The van der Waals surface area contributed by atoms with Crippen LogP contribution in [0.2, 0.25) is 0 Å². The monoisotopic (exact) mass is 156 g/mol. The van der Waals surface area contributed by atoms with Crippen LogP contribution in [0.25, 0.3) is 0 Å². The Balaban J connectivity index is 2.86. The molecule has 11 heavy (non-hydrogen) atoms. The van der Waals surface area contributed by atoms with Crippen molar-refractivity contribution < 1.29 is 8.78 Å². The van der Waals surface area contributed by atoms with Crippen molar-refractivity contribution in [2.75, 3.05) is 6.67 Å². The lowest BCUT2D eigenvalue weighted by molar-refractivity contribution is 0.446. The zero-order chi connectivity index (χ0) is 8.27. The van der Waals surface area contributed by atoms with E-state index in [9.17, 15) is 8.78 Å². The zero-order valence-corrected chi connectivity index (χ0v) is 6.35. The molecule has 0 heterocycles. The van der Waals surface area contributed by atoms with Gasteiger partial charge in [0.2, 0.25) is 0 Å². The zero-order valence-electron chi connectivity index (χ0n) is 6.35. The fourth-order valence-corrected chi connectivity index (χ4v) is 0.902. The molecule has 0 radical (unpaired) electrons. The molecule has 0 N–H and O–H groups in total. The van der Waals surface area contributed by atoms with Crippen LogP contribution in [0.5, 0.6) is 0 Å². The molecule has 0 aliphatic carbocycles. The van der Waals surface area contributed by atoms with Gasteiger partial charge in [0.25, 0.3) is 0 Å². The van der Waals surface area contributed by atoms with E-state index >= 15 is 0 Å². The van der Waals surface area contributed by atoms with E-state index in [-0.39, 0.29) is 11.7 Å². The van der Waals surface area contributed by atoms with E-state index in [1.807, 2.05) is 0 Å². The molecule has 1 atom stereocenters. The molecule has 1 aromatic carbocycles. The standard InChI is InChI=1S/C9H10F2/c1-7(6-10)8-3-2-4-9(11)5-8/h2-5,7H,6H2,1H3. The Morgan fingerprint density at radius 3 is 2.73 bits per heavy atom. The van der Waals surface area contributed by atoms with Crippen molar-refractivity contribution in [3.8, 4) is 0 Å². The van der Waals surface area contributed by atoms with Crippen molar-refractivity contribution >= 4 is 0 Å². The van der Waals surface area contributed by atoms with Crippen molar-refractivity contribution in [1.82, 2.24) is 0 Å². The number of rotatable bonds is 2. The van der Waals surface area contributed by atoms with Crippen LogP contribution < -0.4 is 0 Å². The highest BCUT2D eigenvalue weighted by Gasteiger charge is 2.04. The van der Waals surface area contributed by atoms with E-state index in [4.69, 9.17) is 0 Å². The Morgan fingerprint density at radius 2 is 2.18 bits per heavy atom. The van der Waals surface area contributed by atoms with E-state index in [1.54, 1.807) is 19.1 Å². The second-order valence-corrected chi connectivity index (χ2v) is 2.61. The second-order valence-electron chi connectivity index (χ2n) is 2.61. The predicted molar refractivity (Wildman–Crippen MR) is 40.8 cm³/mol. The summed E-state index contributed by atoms with van der Waals surface area (Å²) in [5, 5.41) is 0. The summed E-state index contributed by atoms with van der Waals surface area (Å²) in [6, 6.07) is 6.04. The maximum atomic E-state index is 12.5. The normalized spacial score (nSPS) is 13.0. The lowest BCUT2D eigenvalue weighted by Crippen LogP contribution is -1.95. The summed E-state index contributed by atoms with van der Waals surface area (Å²) in [5.41, 5.74) is 0.715. The van der Waals surface area contributed by atoms with Gasteiger partial charge in [-0.15, -0.1) is 0 Å². The molecular formula is C9H10F2. The molecule has 60 valence electrons. The first-order chi connectivity index (χ1) is 5.24. The van der Waals surface area contributed by atoms with Crippen molar-refractivity contribution in [1.29, 1.82) is 0 Å². The highest BCUT2D eigenvalue weighted by molar-refractivity contribution is 5.19. The third-order valence-corrected chi connectivity index (χ3v) is 1.65. The molecule has 0 amide bonds. The molecule has 0 aliphatic heterocycles. The van der Waals surface area contributed by atoms with E-state index in [2.05, 4.69) is 0 Å². The van der Waals surface area contributed by atoms with E-state index in [1.165, 1.54) is 12.1 Å². The van der Waals surface area contributed by atoms with Crippen LogP contribution in [0.1, 0.15) is 18.4 Å². The first-order valence-electron chi connectivity index (χ1n) is 3.55. The number of hydrogen-bond acceptors (Lipinski definition) is 0. The van der Waals surface area contributed by atoms with Gasteiger partial charge in [0.1, 0.15) is 5.82 Å². The molecule has 0 saturated carbocycles. The van der Waals surface area contributed by atoms with Gasteiger partial charge in [-0.1, -0.05) is 19.1 Å². The predicted octanol–water partition coefficient (Wildman–Crippen LogP) is 2.90. The van der Waals surface area contributed by atoms with E-state index in [0.717, 1.165) is 0 Å². The van der Waals surface area contributed by atoms with E-state index < -0.39 is 6.67 Å². The average molecular weight is 156 g/mol. The van der Waals surface area contributed by atoms with E-state index in [0.29, 0.717) is 5.56 Å². The Morgan fingerprint density at radius 1 is 1.45 bits per heavy atom. The van der Waals surface area contributed by atoms with Crippen LogP contribution in [-0.4, -0.2) is 6.67 Å². The van der Waals surface area contributed by atoms with Gasteiger partial charge in [0, 0.05) is 5.92 Å². The summed E-state index contributed by atoms with van der Waals surface area (Å²) in [5.74, 6) is -0.506. The number of benzene rings is 1. The summed E-state index contributed by atoms with van der Waals surface area (Å²) in [4.78, 5) is 0. The molecular weight excluding hydrogens is 146 g/mol. The molecule has 1 rings (SSSR count). The van der Waals surface area contributed by atoms with Crippen molar-refractivity contribution in [2.45, 2.75) is 12.8 Å². The summed E-state index contributed by atoms with van der Waals surface area (Å²) < 4.78 is 24.6. The van der Waals surface area contributed by atoms with Crippen LogP contribution in [0, 0.1) is 5.82 Å². The van der Waals surface area contributed by atoms with Crippen LogP contribution >= 0.6 is 0 Å². The maximum Gasteiger partial charge on any atom is 0.123 e. The lowest BCUT2D eigenvalue weighted by Gasteiger charge is -2.05. The molecule has 0 fully saturated rings. The smallest absolute Gasteiger partial charge is 0.123 e. The fraction of sp³-hybridized carbons (Fsp3) is 0.333. The maximum absolute atomic E-state index is 12.5. The minimum Gasteiger partial charge on any atom is -0.250 e. The van der Waals surface area contributed by atoms with Gasteiger partial charge in [-0.2, -0.15) is 0 Å². The summed E-state index contributed by atoms with van der Waals surface area (Å²) in [7, 11) is 0. The first-order valence-corrected chi connectivity index (χ1v) is 3.55. The first kappa shape index (κ1) is 8.18. The SMILES string of the molecule is CC(CF)c1cccc(F)c1. The highest BCUT2D eigenvalue weighted by Crippen LogP contribution is 2.15. The van der Waals surface area contributed by atoms with Gasteiger partial charge < -0.3 is 0 Å². The van der Waals surface area contributed by atoms with Crippen molar-refractivity contribution in [3.05, 3.63) is 35.6 Å². The van der Waals surface area contributed by atoms with Crippen molar-refractivity contribution in [3.63, 3.8) is 0 Å². The van der Waals surface area contributed by atoms with Gasteiger partial charge in [-0.3, -0.25) is 4.39 Å². The van der Waals surface area contributed by atoms with Crippen LogP contribution in [0.3, 0.4) is 0 Å². The fourth-order valence-electron chi connectivity index (χ4n) is 0.902. The molecule has 2 heteroatoms. The number of hydrogen-bond donors (Lipinski definition) is 0. The summed E-state index contributed by atoms with van der Waals surface area (Å²) in [6.07, 6.45) is 0. The Hall–Kier alpha value is -0.920. The van der Waals surface area contributed by atoms with Gasteiger partial charge in [-0.25, -0.2) is 4.39 Å². The summed E-state index contributed by atoms with van der Waals surface area (Å²) >= 11 is 0. The molecule has 0 aliphatic rings. The quantitative estimate of drug-likeness (QED) is 0.617. The van der Waals surface area contributed by atoms with Crippen LogP contribution in [0.15, 0.2) is 24.3 Å². The number of alkyl halides is 1. The molecule has 0 bridgehead atoms. The summed E-state index contributed by atoms with van der Waals surface area (Å²) in [6.45, 7) is 1.29. The van der Waals surface area contributed by atoms with Gasteiger partial charge in [0.15, 0.2) is 0 Å². The van der Waals surface area contributed by atoms with Gasteiger partial charge in [0.05, 0.1) is 6.67 Å². The number of halogens is 2. The molecule has 0 aromatic heterocycles. The van der Waals surface area contributed by atoms with Crippen LogP contribution in [0.4, 0.5) is 8.78 Å². The molecule has 0 saturated heterocycles. The molecule has 0 nitrogen and oxygen atoms in total. The topological polar surface area (TPSA) is 0 Å². The van der Waals surface area contributed by atoms with Gasteiger partial charge >= 0.3 is 0 Å². The minimum absolute atomic E-state index is 0.203. The van der Waals surface area contributed by atoms with Crippen molar-refractivity contribution in [2.24, 2.45) is 0 Å². The largest absolute Gasteiger partial charge is 0.250 e. The minimum atomic E-state index is -0.441. The van der Waals surface area contributed by atoms with Gasteiger partial charge in [-0.05, 0) is 17.7 Å².